The predicted molar refractivity (Wildman–Crippen MR) is 84.2 cm³/mol. The van der Waals surface area contributed by atoms with E-state index >= 15 is 0 Å². The van der Waals surface area contributed by atoms with Crippen LogP contribution < -0.4 is 5.32 Å². The first-order valence-electron chi connectivity index (χ1n) is 7.24. The van der Waals surface area contributed by atoms with E-state index in [1.54, 1.807) is 0 Å². The molecular weight excluding hydrogens is 276 g/mol. The van der Waals surface area contributed by atoms with Gasteiger partial charge in [0.2, 0.25) is 11.8 Å². The van der Waals surface area contributed by atoms with E-state index in [0.29, 0.717) is 0 Å². The predicted octanol–water partition coefficient (Wildman–Crippen LogP) is 2.96. The molecule has 0 spiro atoms. The average molecular weight is 290 g/mol. The van der Waals surface area contributed by atoms with Gasteiger partial charge in [0.15, 0.2) is 0 Å². The number of nitrogens with one attached hydrogen (secondary N) is 2. The van der Waals surface area contributed by atoms with Crippen molar-refractivity contribution in [1.82, 2.24) is 10.3 Å². The molecule has 0 bridgehead atoms. The fourth-order valence-electron chi connectivity index (χ4n) is 3.14. The second-order valence-electron chi connectivity index (χ2n) is 5.49. The van der Waals surface area contributed by atoms with Crippen molar-refractivity contribution in [2.45, 2.75) is 12.3 Å². The lowest BCUT2D eigenvalue weighted by molar-refractivity contribution is -0.125. The monoisotopic (exact) mass is 290 g/mol. The van der Waals surface area contributed by atoms with E-state index in [-0.39, 0.29) is 18.2 Å². The van der Waals surface area contributed by atoms with Crippen LogP contribution in [0.3, 0.4) is 0 Å². The maximum absolute atomic E-state index is 12.2. The number of amides is 2. The minimum absolute atomic E-state index is 0.209. The fraction of sp³-hybridized carbons (Fsp3) is 0.111. The summed E-state index contributed by atoms with van der Waals surface area (Å²) in [5, 5.41) is 3.40. The highest BCUT2D eigenvalue weighted by Gasteiger charge is 2.35. The lowest BCUT2D eigenvalue weighted by Crippen LogP contribution is -2.21. The maximum Gasteiger partial charge on any atom is 0.234 e. The third-order valence-electron chi connectivity index (χ3n) is 4.13. The van der Waals surface area contributed by atoms with Crippen molar-refractivity contribution in [3.63, 3.8) is 0 Å². The number of rotatable bonds is 2. The Labute approximate surface area is 127 Å². The van der Waals surface area contributed by atoms with Crippen molar-refractivity contribution in [2.24, 2.45) is 0 Å². The van der Waals surface area contributed by atoms with Crippen molar-refractivity contribution in [3.05, 3.63) is 60.2 Å². The van der Waals surface area contributed by atoms with Gasteiger partial charge in [-0.25, -0.2) is 0 Å². The summed E-state index contributed by atoms with van der Waals surface area (Å²) in [6.07, 6.45) is 0.209. The number of aromatic nitrogens is 1. The molecule has 0 unspecified atom stereocenters. The van der Waals surface area contributed by atoms with Crippen LogP contribution in [0.5, 0.6) is 0 Å². The van der Waals surface area contributed by atoms with Gasteiger partial charge in [-0.15, -0.1) is 0 Å². The minimum atomic E-state index is -0.432. The van der Waals surface area contributed by atoms with Crippen LogP contribution in [0.15, 0.2) is 54.6 Å². The number of H-pyrrole nitrogens is 1. The van der Waals surface area contributed by atoms with Gasteiger partial charge in [0, 0.05) is 17.3 Å². The van der Waals surface area contributed by atoms with E-state index in [1.807, 2.05) is 54.6 Å². The zero-order chi connectivity index (χ0) is 15.1. The second kappa shape index (κ2) is 4.84. The Kier molecular flexibility index (Phi) is 2.82. The molecule has 2 amide bonds. The highest BCUT2D eigenvalue weighted by molar-refractivity contribution is 6.09. The topological polar surface area (TPSA) is 62.0 Å². The van der Waals surface area contributed by atoms with E-state index in [4.69, 9.17) is 0 Å². The lowest BCUT2D eigenvalue weighted by atomic mass is 9.92. The number of imide groups is 1. The van der Waals surface area contributed by atoms with Crippen molar-refractivity contribution < 1.29 is 9.59 Å². The third kappa shape index (κ3) is 1.92. The third-order valence-corrected chi connectivity index (χ3v) is 4.13. The summed E-state index contributed by atoms with van der Waals surface area (Å²) in [5.41, 5.74) is 3.81. The van der Waals surface area contributed by atoms with Crippen LogP contribution in [-0.4, -0.2) is 16.8 Å². The quantitative estimate of drug-likeness (QED) is 0.713. The van der Waals surface area contributed by atoms with E-state index in [9.17, 15) is 9.59 Å². The summed E-state index contributed by atoms with van der Waals surface area (Å²) < 4.78 is 0. The summed E-state index contributed by atoms with van der Waals surface area (Å²) in [6, 6.07) is 17.8. The summed E-state index contributed by atoms with van der Waals surface area (Å²) in [4.78, 5) is 27.2. The number of carbonyl (C=O) groups excluding carboxylic acids is 2. The summed E-state index contributed by atoms with van der Waals surface area (Å²) >= 11 is 0. The molecule has 1 aromatic heterocycles. The molecule has 4 nitrogen and oxygen atoms in total. The van der Waals surface area contributed by atoms with Crippen LogP contribution in [0.2, 0.25) is 0 Å². The highest BCUT2D eigenvalue weighted by Crippen LogP contribution is 2.38. The molecule has 2 heterocycles. The summed E-state index contributed by atoms with van der Waals surface area (Å²) in [5.74, 6) is -0.856. The molecule has 2 N–H and O–H groups in total. The largest absolute Gasteiger partial charge is 0.354 e. The lowest BCUT2D eigenvalue weighted by Gasteiger charge is -2.09. The van der Waals surface area contributed by atoms with Crippen molar-refractivity contribution in [2.75, 3.05) is 0 Å². The molecule has 1 aliphatic heterocycles. The molecule has 0 aliphatic carbocycles. The highest BCUT2D eigenvalue weighted by atomic mass is 16.2. The van der Waals surface area contributed by atoms with Gasteiger partial charge in [-0.05, 0) is 17.2 Å². The Hall–Kier alpha value is -2.88. The minimum Gasteiger partial charge on any atom is -0.354 e. The second-order valence-corrected chi connectivity index (χ2v) is 5.49. The molecule has 4 rings (SSSR count). The molecule has 1 aliphatic rings. The Morgan fingerprint density at radius 3 is 2.36 bits per heavy atom. The smallest absolute Gasteiger partial charge is 0.234 e. The molecule has 22 heavy (non-hydrogen) atoms. The Morgan fingerprint density at radius 2 is 1.64 bits per heavy atom. The van der Waals surface area contributed by atoms with E-state index in [0.717, 1.165) is 27.7 Å². The number of aromatic amines is 1. The fourth-order valence-corrected chi connectivity index (χ4v) is 3.14. The van der Waals surface area contributed by atoms with E-state index in [1.165, 1.54) is 0 Å². The Bertz CT molecular complexity index is 880. The standard InChI is InChI=1S/C18H14N2O2/c21-15-10-13(18(22)20-15)16-12-8-4-5-9-14(12)19-17(16)11-6-2-1-3-7-11/h1-9,13,19H,10H2,(H,20,21,22)/t13-/m1/s1. The van der Waals surface area contributed by atoms with Crippen molar-refractivity contribution in [1.29, 1.82) is 0 Å². The molecule has 0 saturated carbocycles. The molecular formula is C18H14N2O2. The maximum atomic E-state index is 12.2. The molecule has 2 aromatic carbocycles. The van der Waals surface area contributed by atoms with Crippen molar-refractivity contribution >= 4 is 22.7 Å². The summed E-state index contributed by atoms with van der Waals surface area (Å²) in [6.45, 7) is 0. The van der Waals surface area contributed by atoms with Gasteiger partial charge in [-0.3, -0.25) is 14.9 Å². The van der Waals surface area contributed by atoms with Gasteiger partial charge in [-0.2, -0.15) is 0 Å². The van der Waals surface area contributed by atoms with Gasteiger partial charge in [-0.1, -0.05) is 48.5 Å². The van der Waals surface area contributed by atoms with E-state index in [2.05, 4.69) is 10.3 Å². The van der Waals surface area contributed by atoms with Crippen LogP contribution >= 0.6 is 0 Å². The molecule has 3 aromatic rings. The van der Waals surface area contributed by atoms with Crippen LogP contribution in [-0.2, 0) is 9.59 Å². The zero-order valence-electron chi connectivity index (χ0n) is 11.8. The van der Waals surface area contributed by atoms with Gasteiger partial charge >= 0.3 is 0 Å². The Balaban J connectivity index is 1.99. The number of benzene rings is 2. The number of fused-ring (bicyclic) bond motifs is 1. The molecule has 0 radical (unpaired) electrons. The first-order valence-corrected chi connectivity index (χ1v) is 7.24. The zero-order valence-corrected chi connectivity index (χ0v) is 11.8. The Morgan fingerprint density at radius 1 is 0.909 bits per heavy atom. The van der Waals surface area contributed by atoms with Crippen molar-refractivity contribution in [3.8, 4) is 11.3 Å². The molecule has 1 atom stereocenters. The molecule has 4 heteroatoms. The van der Waals surface area contributed by atoms with Gasteiger partial charge in [0.05, 0.1) is 11.6 Å². The van der Waals surface area contributed by atoms with Gasteiger partial charge < -0.3 is 4.98 Å². The van der Waals surface area contributed by atoms with Gasteiger partial charge in [0.1, 0.15) is 0 Å². The number of para-hydroxylation sites is 1. The SMILES string of the molecule is O=C1C[C@H](c2c(-c3ccccc3)[nH]c3ccccc23)C(=O)N1. The molecule has 1 fully saturated rings. The number of carbonyl (C=O) groups is 2. The van der Waals surface area contributed by atoms with Crippen LogP contribution in [0.25, 0.3) is 22.2 Å². The average Bonchev–Trinajstić information content (AvgIpc) is 3.07. The molecule has 1 saturated heterocycles. The molecule has 108 valence electrons. The van der Waals surface area contributed by atoms with Crippen LogP contribution in [0.4, 0.5) is 0 Å². The van der Waals surface area contributed by atoms with Gasteiger partial charge in [0.25, 0.3) is 0 Å². The van der Waals surface area contributed by atoms with E-state index < -0.39 is 5.92 Å². The first-order chi connectivity index (χ1) is 10.7. The number of hydrogen-bond acceptors (Lipinski definition) is 2. The normalized spacial score (nSPS) is 17.9. The summed E-state index contributed by atoms with van der Waals surface area (Å²) in [7, 11) is 0. The first kappa shape index (κ1) is 12.8. The van der Waals surface area contributed by atoms with Crippen LogP contribution in [0, 0.1) is 0 Å². The number of hydrogen-bond donors (Lipinski definition) is 2. The van der Waals surface area contributed by atoms with Crippen LogP contribution in [0.1, 0.15) is 17.9 Å².